The van der Waals surface area contributed by atoms with Crippen LogP contribution >= 0.6 is 23.2 Å². The first-order valence-corrected chi connectivity index (χ1v) is 7.20. The van der Waals surface area contributed by atoms with E-state index in [4.69, 9.17) is 28.9 Å². The average molecular weight is 323 g/mol. The Labute approximate surface area is 134 Å². The van der Waals surface area contributed by atoms with Crippen molar-refractivity contribution in [3.05, 3.63) is 63.1 Å². The predicted octanol–water partition coefficient (Wildman–Crippen LogP) is 4.16. The number of amides is 1. The van der Waals surface area contributed by atoms with Crippen LogP contribution in [-0.4, -0.2) is 17.9 Å². The molecule has 110 valence electrons. The maximum atomic E-state index is 12.5. The summed E-state index contributed by atoms with van der Waals surface area (Å²) in [6, 6.07) is 10.6. The van der Waals surface area contributed by atoms with Crippen LogP contribution in [0.2, 0.25) is 10.0 Å². The summed E-state index contributed by atoms with van der Waals surface area (Å²) in [4.78, 5) is 14.1. The zero-order valence-electron chi connectivity index (χ0n) is 11.9. The molecule has 2 rings (SSSR count). The summed E-state index contributed by atoms with van der Waals surface area (Å²) in [7, 11) is 1.71. The molecule has 0 saturated heterocycles. The molecule has 0 radical (unpaired) electrons. The van der Waals surface area contributed by atoms with Gasteiger partial charge in [0.2, 0.25) is 0 Å². The highest BCUT2D eigenvalue weighted by atomic mass is 35.5. The number of hydrogen-bond acceptors (Lipinski definition) is 2. The van der Waals surface area contributed by atoms with Gasteiger partial charge in [-0.25, -0.2) is 0 Å². The van der Waals surface area contributed by atoms with Crippen molar-refractivity contribution in [3.63, 3.8) is 0 Å². The van der Waals surface area contributed by atoms with Gasteiger partial charge >= 0.3 is 0 Å². The minimum absolute atomic E-state index is 0.151. The molecule has 0 aliphatic heterocycles. The van der Waals surface area contributed by atoms with E-state index in [2.05, 4.69) is 0 Å². The standard InChI is InChI=1S/C16H16Cl2N2O/c1-10-4-3-5-13(15(10)18)16(21)20(2)9-11-8-12(19)6-7-14(11)17/h3-8H,9,19H2,1-2H3. The van der Waals surface area contributed by atoms with Gasteiger partial charge in [0.15, 0.2) is 0 Å². The lowest BCUT2D eigenvalue weighted by molar-refractivity contribution is 0.0785. The Bertz CT molecular complexity index is 686. The number of halogens is 2. The van der Waals surface area contributed by atoms with Crippen LogP contribution < -0.4 is 5.73 Å². The molecular weight excluding hydrogens is 307 g/mol. The lowest BCUT2D eigenvalue weighted by atomic mass is 10.1. The van der Waals surface area contributed by atoms with Crippen molar-refractivity contribution in [3.8, 4) is 0 Å². The Hall–Kier alpha value is -1.71. The number of aryl methyl sites for hydroxylation is 1. The number of rotatable bonds is 3. The summed E-state index contributed by atoms with van der Waals surface area (Å²) >= 11 is 12.3. The van der Waals surface area contributed by atoms with Crippen molar-refractivity contribution >= 4 is 34.8 Å². The quantitative estimate of drug-likeness (QED) is 0.862. The van der Waals surface area contributed by atoms with E-state index in [0.29, 0.717) is 27.8 Å². The molecular formula is C16H16Cl2N2O. The van der Waals surface area contributed by atoms with Crippen molar-refractivity contribution in [2.75, 3.05) is 12.8 Å². The normalized spacial score (nSPS) is 10.5. The molecule has 2 aromatic rings. The molecule has 0 heterocycles. The van der Waals surface area contributed by atoms with Gasteiger partial charge in [-0.3, -0.25) is 4.79 Å². The second-order valence-electron chi connectivity index (χ2n) is 4.95. The van der Waals surface area contributed by atoms with Gasteiger partial charge in [-0.15, -0.1) is 0 Å². The molecule has 2 aromatic carbocycles. The third-order valence-electron chi connectivity index (χ3n) is 3.25. The van der Waals surface area contributed by atoms with Crippen LogP contribution in [0.5, 0.6) is 0 Å². The fourth-order valence-corrected chi connectivity index (χ4v) is 2.45. The third kappa shape index (κ3) is 3.49. The molecule has 3 nitrogen and oxygen atoms in total. The van der Waals surface area contributed by atoms with Crippen LogP contribution in [0.4, 0.5) is 5.69 Å². The molecule has 0 aliphatic carbocycles. The maximum Gasteiger partial charge on any atom is 0.255 e. The van der Waals surface area contributed by atoms with Gasteiger partial charge in [0.05, 0.1) is 10.6 Å². The fourth-order valence-electron chi connectivity index (χ4n) is 2.06. The van der Waals surface area contributed by atoms with Crippen LogP contribution in [0.1, 0.15) is 21.5 Å². The molecule has 0 saturated carbocycles. The van der Waals surface area contributed by atoms with Gasteiger partial charge in [-0.1, -0.05) is 35.3 Å². The Morgan fingerprint density at radius 1 is 1.24 bits per heavy atom. The minimum Gasteiger partial charge on any atom is -0.399 e. The number of benzene rings is 2. The molecule has 0 spiro atoms. The molecule has 1 amide bonds. The molecule has 5 heteroatoms. The van der Waals surface area contributed by atoms with E-state index in [-0.39, 0.29) is 5.91 Å². The number of nitrogen functional groups attached to an aromatic ring is 1. The van der Waals surface area contributed by atoms with Crippen molar-refractivity contribution in [1.29, 1.82) is 0 Å². The van der Waals surface area contributed by atoms with Crippen molar-refractivity contribution in [2.24, 2.45) is 0 Å². The Kier molecular flexibility index (Phi) is 4.76. The summed E-state index contributed by atoms with van der Waals surface area (Å²) < 4.78 is 0. The SMILES string of the molecule is Cc1cccc(C(=O)N(C)Cc2cc(N)ccc2Cl)c1Cl. The van der Waals surface area contributed by atoms with Crippen LogP contribution in [0.25, 0.3) is 0 Å². The van der Waals surface area contributed by atoms with Gasteiger partial charge in [0.1, 0.15) is 0 Å². The van der Waals surface area contributed by atoms with Gasteiger partial charge in [0, 0.05) is 24.3 Å². The van der Waals surface area contributed by atoms with Gasteiger partial charge < -0.3 is 10.6 Å². The summed E-state index contributed by atoms with van der Waals surface area (Å²) in [5, 5.41) is 1.06. The second-order valence-corrected chi connectivity index (χ2v) is 5.73. The van der Waals surface area contributed by atoms with E-state index < -0.39 is 0 Å². The number of nitrogens with zero attached hydrogens (tertiary/aromatic N) is 1. The number of carbonyl (C=O) groups is 1. The van der Waals surface area contributed by atoms with E-state index in [1.54, 1.807) is 36.2 Å². The van der Waals surface area contributed by atoms with Crippen molar-refractivity contribution < 1.29 is 4.79 Å². The first-order chi connectivity index (χ1) is 9.90. The summed E-state index contributed by atoms with van der Waals surface area (Å²) in [6.07, 6.45) is 0. The molecule has 2 N–H and O–H groups in total. The average Bonchev–Trinajstić information content (AvgIpc) is 2.45. The number of carbonyl (C=O) groups excluding carboxylic acids is 1. The maximum absolute atomic E-state index is 12.5. The second kappa shape index (κ2) is 6.37. The fraction of sp³-hybridized carbons (Fsp3) is 0.188. The first kappa shape index (κ1) is 15.7. The van der Waals surface area contributed by atoms with E-state index in [0.717, 1.165) is 11.1 Å². The molecule has 0 atom stereocenters. The molecule has 0 fully saturated rings. The molecule has 0 unspecified atom stereocenters. The van der Waals surface area contributed by atoms with Gasteiger partial charge in [-0.05, 0) is 42.3 Å². The lowest BCUT2D eigenvalue weighted by Gasteiger charge is -2.19. The lowest BCUT2D eigenvalue weighted by Crippen LogP contribution is -2.26. The van der Waals surface area contributed by atoms with Crippen molar-refractivity contribution in [2.45, 2.75) is 13.5 Å². The van der Waals surface area contributed by atoms with Gasteiger partial charge in [-0.2, -0.15) is 0 Å². The smallest absolute Gasteiger partial charge is 0.255 e. The summed E-state index contributed by atoms with van der Waals surface area (Å²) in [6.45, 7) is 2.24. The van der Waals surface area contributed by atoms with Crippen molar-refractivity contribution in [1.82, 2.24) is 4.90 Å². The molecule has 0 bridgehead atoms. The van der Waals surface area contributed by atoms with E-state index in [1.165, 1.54) is 0 Å². The predicted molar refractivity (Wildman–Crippen MR) is 87.9 cm³/mol. The summed E-state index contributed by atoms with van der Waals surface area (Å²) in [5.41, 5.74) is 8.53. The molecule has 21 heavy (non-hydrogen) atoms. The highest BCUT2D eigenvalue weighted by Gasteiger charge is 2.17. The number of anilines is 1. The largest absolute Gasteiger partial charge is 0.399 e. The monoisotopic (exact) mass is 322 g/mol. The highest BCUT2D eigenvalue weighted by Crippen LogP contribution is 2.24. The van der Waals surface area contributed by atoms with Crippen LogP contribution in [0, 0.1) is 6.92 Å². The molecule has 0 aromatic heterocycles. The van der Waals surface area contributed by atoms with Crippen LogP contribution in [0.3, 0.4) is 0 Å². The first-order valence-electron chi connectivity index (χ1n) is 6.44. The zero-order chi connectivity index (χ0) is 15.6. The Balaban J connectivity index is 2.24. The Morgan fingerprint density at radius 3 is 2.67 bits per heavy atom. The van der Waals surface area contributed by atoms with Crippen LogP contribution in [0.15, 0.2) is 36.4 Å². The zero-order valence-corrected chi connectivity index (χ0v) is 13.4. The van der Waals surface area contributed by atoms with E-state index in [9.17, 15) is 4.79 Å². The topological polar surface area (TPSA) is 46.3 Å². The molecule has 0 aliphatic rings. The van der Waals surface area contributed by atoms with E-state index in [1.807, 2.05) is 19.1 Å². The third-order valence-corrected chi connectivity index (χ3v) is 4.12. The summed E-state index contributed by atoms with van der Waals surface area (Å²) in [5.74, 6) is -0.151. The minimum atomic E-state index is -0.151. The highest BCUT2D eigenvalue weighted by molar-refractivity contribution is 6.34. The van der Waals surface area contributed by atoms with E-state index >= 15 is 0 Å². The Morgan fingerprint density at radius 2 is 1.95 bits per heavy atom. The number of hydrogen-bond donors (Lipinski definition) is 1. The number of nitrogens with two attached hydrogens (primary N) is 1. The van der Waals surface area contributed by atoms with Crippen LogP contribution in [-0.2, 0) is 6.54 Å². The van der Waals surface area contributed by atoms with Gasteiger partial charge in [0.25, 0.3) is 5.91 Å².